The summed E-state index contributed by atoms with van der Waals surface area (Å²) in [5.74, 6) is 0.642. The number of benzene rings is 2. The molecule has 0 aliphatic heterocycles. The lowest BCUT2D eigenvalue weighted by molar-refractivity contribution is 0.158. The van der Waals surface area contributed by atoms with E-state index in [1.54, 1.807) is 21.6 Å². The number of carbonyl (C=O) groups is 1. The van der Waals surface area contributed by atoms with Crippen molar-refractivity contribution in [3.8, 4) is 0 Å². The molecule has 202 valence electrons. The summed E-state index contributed by atoms with van der Waals surface area (Å²) in [5, 5.41) is 20.4. The molecule has 4 aromatic heterocycles. The van der Waals surface area contributed by atoms with Gasteiger partial charge in [-0.1, -0.05) is 37.3 Å². The van der Waals surface area contributed by atoms with Gasteiger partial charge in [-0.3, -0.25) is 14.7 Å². The van der Waals surface area contributed by atoms with E-state index in [2.05, 4.69) is 55.2 Å². The van der Waals surface area contributed by atoms with Crippen LogP contribution in [-0.2, 0) is 24.2 Å². The lowest BCUT2D eigenvalue weighted by Crippen LogP contribution is -2.15. The Morgan fingerprint density at radius 2 is 1.95 bits per heavy atom. The molecule has 4 heterocycles. The number of nitrogens with one attached hydrogen (secondary N) is 2. The highest BCUT2D eigenvalue weighted by Crippen LogP contribution is 2.30. The van der Waals surface area contributed by atoms with Crippen LogP contribution in [0, 0.1) is 0 Å². The molecule has 2 aromatic carbocycles. The van der Waals surface area contributed by atoms with Crippen LogP contribution in [0.5, 0.6) is 0 Å². The van der Waals surface area contributed by atoms with Gasteiger partial charge in [0, 0.05) is 42.0 Å². The second-order valence-corrected chi connectivity index (χ2v) is 9.35. The molecule has 0 spiro atoms. The van der Waals surface area contributed by atoms with Crippen molar-refractivity contribution in [2.75, 3.05) is 17.2 Å². The summed E-state index contributed by atoms with van der Waals surface area (Å²) in [5.41, 5.74) is 5.46. The van der Waals surface area contributed by atoms with Gasteiger partial charge in [0.15, 0.2) is 5.82 Å². The van der Waals surface area contributed by atoms with E-state index in [1.165, 1.54) is 11.9 Å². The highest BCUT2D eigenvalue weighted by Gasteiger charge is 2.17. The van der Waals surface area contributed by atoms with Crippen molar-refractivity contribution in [1.82, 2.24) is 34.2 Å². The molecule has 11 heteroatoms. The van der Waals surface area contributed by atoms with Crippen molar-refractivity contribution >= 4 is 39.7 Å². The zero-order valence-corrected chi connectivity index (χ0v) is 22.1. The minimum absolute atomic E-state index is 0.289. The van der Waals surface area contributed by atoms with E-state index in [0.717, 1.165) is 27.7 Å². The summed E-state index contributed by atoms with van der Waals surface area (Å²) in [6.45, 7) is 3.70. The molecule has 0 atom stereocenters. The van der Waals surface area contributed by atoms with Crippen LogP contribution in [0.3, 0.4) is 0 Å². The van der Waals surface area contributed by atoms with Gasteiger partial charge >= 0.3 is 6.09 Å². The first kappa shape index (κ1) is 25.1. The van der Waals surface area contributed by atoms with Gasteiger partial charge in [0.1, 0.15) is 11.8 Å². The van der Waals surface area contributed by atoms with E-state index in [9.17, 15) is 4.79 Å². The summed E-state index contributed by atoms with van der Waals surface area (Å²) in [4.78, 5) is 17.0. The molecule has 0 saturated carbocycles. The van der Waals surface area contributed by atoms with Gasteiger partial charge in [0.2, 0.25) is 0 Å². The van der Waals surface area contributed by atoms with Crippen molar-refractivity contribution in [2.45, 2.75) is 32.9 Å². The van der Waals surface area contributed by atoms with Gasteiger partial charge < -0.3 is 10.1 Å². The van der Waals surface area contributed by atoms with Gasteiger partial charge in [0.25, 0.3) is 0 Å². The minimum Gasteiger partial charge on any atom is -0.449 e. The van der Waals surface area contributed by atoms with E-state index in [0.29, 0.717) is 37.4 Å². The van der Waals surface area contributed by atoms with E-state index < -0.39 is 6.09 Å². The molecule has 0 aliphatic rings. The van der Waals surface area contributed by atoms with Gasteiger partial charge in [-0.2, -0.15) is 15.3 Å². The summed E-state index contributed by atoms with van der Waals surface area (Å²) < 4.78 is 10.9. The quantitative estimate of drug-likeness (QED) is 0.230. The number of amides is 1. The van der Waals surface area contributed by atoms with Crippen molar-refractivity contribution in [3.63, 3.8) is 0 Å². The number of carbonyl (C=O) groups excluding carboxylic acids is 1. The van der Waals surface area contributed by atoms with Crippen LogP contribution in [0.1, 0.15) is 24.5 Å². The Bertz CT molecular complexity index is 1740. The van der Waals surface area contributed by atoms with Crippen molar-refractivity contribution < 1.29 is 9.53 Å². The number of hydrogen-bond acceptors (Lipinski definition) is 7. The van der Waals surface area contributed by atoms with E-state index >= 15 is 0 Å². The Labute approximate surface area is 230 Å². The fraction of sp³-hybridized carbons (Fsp3) is 0.207. The molecule has 0 unspecified atom stereocenters. The van der Waals surface area contributed by atoms with Gasteiger partial charge in [-0.25, -0.2) is 14.3 Å². The zero-order valence-electron chi connectivity index (χ0n) is 22.1. The third kappa shape index (κ3) is 5.35. The van der Waals surface area contributed by atoms with Crippen molar-refractivity contribution in [1.29, 1.82) is 0 Å². The van der Waals surface area contributed by atoms with E-state index in [-0.39, 0.29) is 6.61 Å². The predicted octanol–water partition coefficient (Wildman–Crippen LogP) is 5.27. The number of rotatable bonds is 10. The summed E-state index contributed by atoms with van der Waals surface area (Å²) in [7, 11) is 0. The third-order valence-electron chi connectivity index (χ3n) is 6.67. The number of ether oxygens (including phenoxy) is 1. The van der Waals surface area contributed by atoms with E-state index in [1.807, 2.05) is 54.3 Å². The SMILES string of the molecule is CCc1c(NC(=O)OCCCn2cccn2)cn2ncnc(Nc3ccc4c(cnn4Cc4ccccc4)c3)c12. The zero-order chi connectivity index (χ0) is 27.3. The first-order valence-corrected chi connectivity index (χ1v) is 13.2. The first-order chi connectivity index (χ1) is 19.7. The van der Waals surface area contributed by atoms with Gasteiger partial charge in [0.05, 0.1) is 36.7 Å². The topological polar surface area (TPSA) is 116 Å². The minimum atomic E-state index is -0.508. The normalized spacial score (nSPS) is 11.2. The molecule has 1 amide bonds. The predicted molar refractivity (Wildman–Crippen MR) is 153 cm³/mol. The maximum Gasteiger partial charge on any atom is 0.411 e. The molecule has 40 heavy (non-hydrogen) atoms. The van der Waals surface area contributed by atoms with Crippen LogP contribution in [0.2, 0.25) is 0 Å². The molecule has 0 fully saturated rings. The highest BCUT2D eigenvalue weighted by molar-refractivity contribution is 5.91. The van der Waals surface area contributed by atoms with Crippen LogP contribution < -0.4 is 10.6 Å². The van der Waals surface area contributed by atoms with Crippen molar-refractivity contribution in [3.05, 3.63) is 96.8 Å². The third-order valence-corrected chi connectivity index (χ3v) is 6.67. The molecule has 0 bridgehead atoms. The molecule has 6 aromatic rings. The lowest BCUT2D eigenvalue weighted by Gasteiger charge is -2.10. The Kier molecular flexibility index (Phi) is 7.08. The second-order valence-electron chi connectivity index (χ2n) is 9.35. The highest BCUT2D eigenvalue weighted by atomic mass is 16.5. The lowest BCUT2D eigenvalue weighted by atomic mass is 10.2. The maximum atomic E-state index is 12.5. The van der Waals surface area contributed by atoms with Gasteiger partial charge in [-0.05, 0) is 36.2 Å². The largest absolute Gasteiger partial charge is 0.449 e. The van der Waals surface area contributed by atoms with Crippen LogP contribution in [-0.4, -0.2) is 46.9 Å². The number of nitrogens with zero attached hydrogens (tertiary/aromatic N) is 7. The summed E-state index contributed by atoms with van der Waals surface area (Å²) in [6, 6.07) is 18.3. The molecule has 0 aliphatic carbocycles. The number of aromatic nitrogens is 7. The maximum absolute atomic E-state index is 12.5. The fourth-order valence-corrected chi connectivity index (χ4v) is 4.78. The Morgan fingerprint density at radius 1 is 1.05 bits per heavy atom. The van der Waals surface area contributed by atoms with Crippen molar-refractivity contribution in [2.24, 2.45) is 0 Å². The second kappa shape index (κ2) is 11.3. The molecule has 6 rings (SSSR count). The first-order valence-electron chi connectivity index (χ1n) is 13.2. The number of hydrogen-bond donors (Lipinski definition) is 2. The molecular weight excluding hydrogens is 506 g/mol. The van der Waals surface area contributed by atoms with Crippen LogP contribution in [0.4, 0.5) is 22.0 Å². The number of anilines is 3. The molecular formula is C29H29N9O2. The molecule has 0 saturated heterocycles. The Balaban J connectivity index is 1.17. The van der Waals surface area contributed by atoms with Gasteiger partial charge in [-0.15, -0.1) is 0 Å². The summed E-state index contributed by atoms with van der Waals surface area (Å²) in [6.07, 6.45) is 9.57. The Hall–Kier alpha value is -5.19. The molecule has 11 nitrogen and oxygen atoms in total. The van der Waals surface area contributed by atoms with Crippen LogP contribution in [0.15, 0.2) is 85.7 Å². The average Bonchev–Trinajstić information content (AvgIpc) is 3.71. The fourth-order valence-electron chi connectivity index (χ4n) is 4.78. The number of fused-ring (bicyclic) bond motifs is 2. The Morgan fingerprint density at radius 3 is 2.77 bits per heavy atom. The van der Waals surface area contributed by atoms with Crippen LogP contribution >= 0.6 is 0 Å². The smallest absolute Gasteiger partial charge is 0.411 e. The van der Waals surface area contributed by atoms with E-state index in [4.69, 9.17) is 4.74 Å². The standard InChI is InChI=1S/C29H29N9O2/c1-2-24-25(35-29(39)40-15-7-14-36-13-6-12-31-36)19-38-27(24)28(30-20-33-38)34-23-10-11-26-22(16-23)17-32-37(26)18-21-8-4-3-5-9-21/h3-6,8-13,16-17,19-20H,2,7,14-15,18H2,1H3,(H,35,39)(H,30,33,34). The monoisotopic (exact) mass is 535 g/mol. The van der Waals surface area contributed by atoms with Crippen LogP contribution in [0.25, 0.3) is 16.4 Å². The summed E-state index contributed by atoms with van der Waals surface area (Å²) >= 11 is 0. The average molecular weight is 536 g/mol. The number of aryl methyl sites for hydroxylation is 2. The molecule has 2 N–H and O–H groups in total. The molecule has 0 radical (unpaired) electrons.